The quantitative estimate of drug-likeness (QED) is 0.453. The average Bonchev–Trinajstić information content (AvgIpc) is 3.15. The molecule has 1 fully saturated rings. The van der Waals surface area contributed by atoms with Gasteiger partial charge < -0.3 is 4.74 Å². The smallest absolute Gasteiger partial charge is 0.416 e. The Balaban J connectivity index is 2.22. The van der Waals surface area contributed by atoms with E-state index in [-0.39, 0.29) is 17.8 Å². The van der Waals surface area contributed by atoms with Crippen LogP contribution in [0.5, 0.6) is 5.75 Å². The highest BCUT2D eigenvalue weighted by atomic mass is 79.9. The van der Waals surface area contributed by atoms with E-state index in [1.54, 1.807) is 0 Å². The molecule has 20 heavy (non-hydrogen) atoms. The normalized spacial score (nSPS) is 16.8. The van der Waals surface area contributed by atoms with Crippen LogP contribution < -0.4 is 4.74 Å². The molecular weight excluding hydrogens is 343 g/mol. The van der Waals surface area contributed by atoms with Crippen LogP contribution in [-0.2, 0) is 6.18 Å². The van der Waals surface area contributed by atoms with Crippen LogP contribution in [0.2, 0.25) is 0 Å². The highest BCUT2D eigenvalue weighted by Gasteiger charge is 2.43. The van der Waals surface area contributed by atoms with Crippen LogP contribution in [0.4, 0.5) is 18.9 Å². The number of benzene rings is 1. The number of nitrogens with zero attached hydrogens (tertiary/aromatic N) is 1. The number of rotatable bonds is 5. The summed E-state index contributed by atoms with van der Waals surface area (Å²) in [5, 5.41) is 11.6. The van der Waals surface area contributed by atoms with Gasteiger partial charge in [-0.1, -0.05) is 15.9 Å². The minimum absolute atomic E-state index is 0.0451. The predicted octanol–water partition coefficient (Wildman–Crippen LogP) is 4.17. The Labute approximate surface area is 121 Å². The van der Waals surface area contributed by atoms with Crippen molar-refractivity contribution >= 4 is 21.6 Å². The molecule has 0 N–H and O–H groups in total. The molecule has 1 aliphatic rings. The van der Waals surface area contributed by atoms with Gasteiger partial charge in [0.25, 0.3) is 0 Å². The molecule has 0 aromatic heterocycles. The fourth-order valence-electron chi connectivity index (χ4n) is 1.68. The topological polar surface area (TPSA) is 52.4 Å². The van der Waals surface area contributed by atoms with Gasteiger partial charge >= 0.3 is 11.9 Å². The third-order valence-corrected chi connectivity index (χ3v) is 4.45. The number of alkyl halides is 4. The first-order chi connectivity index (χ1) is 9.27. The molecule has 0 spiro atoms. The van der Waals surface area contributed by atoms with Crippen LogP contribution in [0, 0.1) is 15.5 Å². The summed E-state index contributed by atoms with van der Waals surface area (Å²) < 4.78 is 42.9. The Morgan fingerprint density at radius 3 is 2.50 bits per heavy atom. The number of ether oxygens (including phenoxy) is 1. The van der Waals surface area contributed by atoms with E-state index in [1.807, 2.05) is 0 Å². The molecule has 0 radical (unpaired) electrons. The van der Waals surface area contributed by atoms with Gasteiger partial charge in [0.05, 0.1) is 17.1 Å². The third kappa shape index (κ3) is 3.23. The molecular formula is C12H11BrF3NO3. The molecule has 0 bridgehead atoms. The Bertz CT molecular complexity index is 529. The van der Waals surface area contributed by atoms with E-state index in [1.165, 1.54) is 0 Å². The van der Waals surface area contributed by atoms with Gasteiger partial charge in [0.15, 0.2) is 5.75 Å². The molecule has 2 rings (SSSR count). The molecule has 1 aliphatic carbocycles. The van der Waals surface area contributed by atoms with Crippen molar-refractivity contribution in [2.75, 3.05) is 11.9 Å². The second kappa shape index (κ2) is 5.23. The van der Waals surface area contributed by atoms with E-state index in [4.69, 9.17) is 4.74 Å². The maximum absolute atomic E-state index is 12.5. The molecule has 110 valence electrons. The molecule has 4 nitrogen and oxygen atoms in total. The van der Waals surface area contributed by atoms with Crippen molar-refractivity contribution in [3.63, 3.8) is 0 Å². The molecule has 0 amide bonds. The van der Waals surface area contributed by atoms with Gasteiger partial charge in [0.1, 0.15) is 0 Å². The summed E-state index contributed by atoms with van der Waals surface area (Å²) >= 11 is 3.33. The van der Waals surface area contributed by atoms with Crippen molar-refractivity contribution in [2.24, 2.45) is 5.41 Å². The fraction of sp³-hybridized carbons (Fsp3) is 0.500. The van der Waals surface area contributed by atoms with Crippen LogP contribution in [0.15, 0.2) is 18.2 Å². The second-order valence-electron chi connectivity index (χ2n) is 4.86. The lowest BCUT2D eigenvalue weighted by molar-refractivity contribution is -0.386. The van der Waals surface area contributed by atoms with Crippen molar-refractivity contribution in [2.45, 2.75) is 19.0 Å². The summed E-state index contributed by atoms with van der Waals surface area (Å²) in [7, 11) is 0. The lowest BCUT2D eigenvalue weighted by Gasteiger charge is -2.14. The molecule has 1 aromatic rings. The summed E-state index contributed by atoms with van der Waals surface area (Å²) in [5.74, 6) is -0.129. The zero-order valence-electron chi connectivity index (χ0n) is 10.2. The number of hydrogen-bond donors (Lipinski definition) is 0. The molecule has 8 heteroatoms. The number of nitro groups is 1. The molecule has 0 atom stereocenters. The first kappa shape index (κ1) is 15.1. The zero-order valence-corrected chi connectivity index (χ0v) is 11.8. The van der Waals surface area contributed by atoms with Crippen molar-refractivity contribution < 1.29 is 22.8 Å². The minimum atomic E-state index is -4.61. The SMILES string of the molecule is O=[N+]([O-])c1cc(C(F)(F)F)ccc1OCC1(CBr)CC1. The number of halogens is 4. The molecule has 0 heterocycles. The molecule has 0 unspecified atom stereocenters. The highest BCUT2D eigenvalue weighted by molar-refractivity contribution is 9.09. The Morgan fingerprint density at radius 2 is 2.05 bits per heavy atom. The van der Waals surface area contributed by atoms with Crippen LogP contribution in [0.3, 0.4) is 0 Å². The van der Waals surface area contributed by atoms with E-state index in [0.29, 0.717) is 11.4 Å². The maximum Gasteiger partial charge on any atom is 0.416 e. The monoisotopic (exact) mass is 353 g/mol. The standard InChI is InChI=1S/C12H11BrF3NO3/c13-6-11(3-4-11)7-20-10-2-1-8(12(14,15)16)5-9(10)17(18)19/h1-2,5H,3-4,6-7H2. The zero-order chi connectivity index (χ0) is 15.0. The summed E-state index contributed by atoms with van der Waals surface area (Å²) in [6.45, 7) is 0.254. The van der Waals surface area contributed by atoms with E-state index in [2.05, 4.69) is 15.9 Å². The van der Waals surface area contributed by atoms with Crippen molar-refractivity contribution in [3.05, 3.63) is 33.9 Å². The second-order valence-corrected chi connectivity index (χ2v) is 5.42. The summed E-state index contributed by atoms with van der Waals surface area (Å²) in [4.78, 5) is 10.00. The van der Waals surface area contributed by atoms with Crippen LogP contribution in [0.25, 0.3) is 0 Å². The minimum Gasteiger partial charge on any atom is -0.486 e. The lowest BCUT2D eigenvalue weighted by Crippen LogP contribution is -2.15. The van der Waals surface area contributed by atoms with E-state index >= 15 is 0 Å². The van der Waals surface area contributed by atoms with Gasteiger partial charge in [-0.2, -0.15) is 13.2 Å². The molecule has 1 aromatic carbocycles. The summed E-state index contributed by atoms with van der Waals surface area (Å²) in [5.41, 5.74) is -1.76. The van der Waals surface area contributed by atoms with Crippen LogP contribution in [-0.4, -0.2) is 16.9 Å². The van der Waals surface area contributed by atoms with Gasteiger partial charge in [-0.15, -0.1) is 0 Å². The van der Waals surface area contributed by atoms with Gasteiger partial charge in [-0.3, -0.25) is 10.1 Å². The lowest BCUT2D eigenvalue weighted by atomic mass is 10.1. The van der Waals surface area contributed by atoms with Gasteiger partial charge in [-0.05, 0) is 25.0 Å². The molecule has 0 saturated heterocycles. The summed E-state index contributed by atoms with van der Waals surface area (Å²) in [6.07, 6.45) is -2.74. The van der Waals surface area contributed by atoms with Crippen LogP contribution in [0.1, 0.15) is 18.4 Å². The fourth-order valence-corrected chi connectivity index (χ4v) is 2.41. The third-order valence-electron chi connectivity index (χ3n) is 3.26. The first-order valence-electron chi connectivity index (χ1n) is 5.82. The van der Waals surface area contributed by atoms with Crippen LogP contribution >= 0.6 is 15.9 Å². The van der Waals surface area contributed by atoms with Gasteiger partial charge in [0.2, 0.25) is 0 Å². The predicted molar refractivity (Wildman–Crippen MR) is 69.1 cm³/mol. The van der Waals surface area contributed by atoms with Gasteiger partial charge in [-0.25, -0.2) is 0 Å². The largest absolute Gasteiger partial charge is 0.486 e. The number of hydrogen-bond acceptors (Lipinski definition) is 3. The Kier molecular flexibility index (Phi) is 3.95. The van der Waals surface area contributed by atoms with E-state index < -0.39 is 22.4 Å². The van der Waals surface area contributed by atoms with Crippen molar-refractivity contribution in [1.82, 2.24) is 0 Å². The van der Waals surface area contributed by atoms with Crippen molar-refractivity contribution in [1.29, 1.82) is 0 Å². The van der Waals surface area contributed by atoms with E-state index in [0.717, 1.165) is 25.0 Å². The van der Waals surface area contributed by atoms with Gasteiger partial charge in [0, 0.05) is 16.8 Å². The molecule has 0 aliphatic heterocycles. The maximum atomic E-state index is 12.5. The average molecular weight is 354 g/mol. The highest BCUT2D eigenvalue weighted by Crippen LogP contribution is 2.47. The first-order valence-corrected chi connectivity index (χ1v) is 6.94. The summed E-state index contributed by atoms with van der Waals surface area (Å²) in [6, 6.07) is 2.30. The Hall–Kier alpha value is -1.31. The van der Waals surface area contributed by atoms with Crippen molar-refractivity contribution in [3.8, 4) is 5.75 Å². The molecule has 1 saturated carbocycles. The Morgan fingerprint density at radius 1 is 1.40 bits per heavy atom. The van der Waals surface area contributed by atoms with E-state index in [9.17, 15) is 23.3 Å². The number of nitro benzene ring substituents is 1.